The molecule has 0 radical (unpaired) electrons. The average Bonchev–Trinajstić information content (AvgIpc) is 3.33. The maximum atomic E-state index is 13.1. The number of benzene rings is 2. The molecule has 1 aliphatic heterocycles. The smallest absolute Gasteiger partial charge is 0.334 e. The third-order valence-electron chi connectivity index (χ3n) is 5.44. The van der Waals surface area contributed by atoms with E-state index in [9.17, 15) is 28.0 Å². The SMILES string of the molecule is N#Cc1ccc2c(c1)c(=O)c1c(n2Cc2ccc(C(F)(F)F)cc2)-c2cccn2C1=O. The summed E-state index contributed by atoms with van der Waals surface area (Å²) >= 11 is 0. The van der Waals surface area contributed by atoms with Crippen LogP contribution in [0.1, 0.15) is 27.0 Å². The molecule has 31 heavy (non-hydrogen) atoms. The molecule has 2 aromatic carbocycles. The fourth-order valence-corrected chi connectivity index (χ4v) is 4.00. The Morgan fingerprint density at radius 2 is 1.74 bits per heavy atom. The van der Waals surface area contributed by atoms with Crippen molar-refractivity contribution in [2.24, 2.45) is 0 Å². The van der Waals surface area contributed by atoms with Gasteiger partial charge in [0.1, 0.15) is 5.56 Å². The lowest BCUT2D eigenvalue weighted by Gasteiger charge is -2.17. The molecule has 0 fully saturated rings. The van der Waals surface area contributed by atoms with Gasteiger partial charge in [-0.25, -0.2) is 0 Å². The van der Waals surface area contributed by atoms with Gasteiger partial charge in [0.2, 0.25) is 5.43 Å². The summed E-state index contributed by atoms with van der Waals surface area (Å²) in [5, 5.41) is 9.43. The Morgan fingerprint density at radius 1 is 1.00 bits per heavy atom. The summed E-state index contributed by atoms with van der Waals surface area (Å²) in [6.45, 7) is 0.140. The standard InChI is InChI=1S/C23H12F3N3O2/c24-23(25,26)15-6-3-13(4-7-15)12-29-17-8-5-14(11-27)10-16(17)21(30)19-20(29)18-2-1-9-28(18)22(19)31/h1-10H,12H2. The molecule has 0 unspecified atom stereocenters. The van der Waals surface area contributed by atoms with E-state index in [1.54, 1.807) is 35.0 Å². The Labute approximate surface area is 173 Å². The van der Waals surface area contributed by atoms with Gasteiger partial charge in [-0.15, -0.1) is 0 Å². The highest BCUT2D eigenvalue weighted by molar-refractivity contribution is 6.10. The second kappa shape index (κ2) is 6.44. The van der Waals surface area contributed by atoms with Gasteiger partial charge in [0.25, 0.3) is 5.91 Å². The average molecular weight is 419 g/mol. The van der Waals surface area contributed by atoms with E-state index in [1.807, 2.05) is 6.07 Å². The summed E-state index contributed by atoms with van der Waals surface area (Å²) < 4.78 is 41.9. The first-order valence-corrected chi connectivity index (χ1v) is 9.29. The van der Waals surface area contributed by atoms with Gasteiger partial charge in [-0.2, -0.15) is 18.4 Å². The van der Waals surface area contributed by atoms with E-state index in [0.717, 1.165) is 12.1 Å². The molecular formula is C23H12F3N3O2. The van der Waals surface area contributed by atoms with Gasteiger partial charge in [0, 0.05) is 18.1 Å². The number of rotatable bonds is 2. The van der Waals surface area contributed by atoms with Gasteiger partial charge in [-0.1, -0.05) is 12.1 Å². The number of alkyl halides is 3. The van der Waals surface area contributed by atoms with Crippen molar-refractivity contribution in [3.8, 4) is 17.5 Å². The van der Waals surface area contributed by atoms with Crippen LogP contribution < -0.4 is 5.43 Å². The Bertz CT molecular complexity index is 1490. The number of fused-ring (bicyclic) bond motifs is 4. The molecule has 8 heteroatoms. The Hall–Kier alpha value is -4.12. The van der Waals surface area contributed by atoms with Gasteiger partial charge in [-0.3, -0.25) is 14.2 Å². The van der Waals surface area contributed by atoms with Crippen LogP contribution in [0.2, 0.25) is 0 Å². The molecule has 0 N–H and O–H groups in total. The first-order chi connectivity index (χ1) is 14.8. The van der Waals surface area contributed by atoms with Crippen molar-refractivity contribution in [1.82, 2.24) is 9.13 Å². The molecule has 152 valence electrons. The Kier molecular flexibility index (Phi) is 3.92. The number of nitriles is 1. The molecule has 4 aromatic rings. The van der Waals surface area contributed by atoms with E-state index in [-0.39, 0.29) is 23.1 Å². The third kappa shape index (κ3) is 2.78. The summed E-state index contributed by atoms with van der Waals surface area (Å²) in [7, 11) is 0. The maximum absolute atomic E-state index is 13.1. The van der Waals surface area contributed by atoms with Crippen molar-refractivity contribution in [3.63, 3.8) is 0 Å². The van der Waals surface area contributed by atoms with Crippen molar-refractivity contribution in [1.29, 1.82) is 5.26 Å². The number of nitrogens with zero attached hydrogens (tertiary/aromatic N) is 3. The summed E-state index contributed by atoms with van der Waals surface area (Å²) in [6.07, 6.45) is -2.88. The van der Waals surface area contributed by atoms with E-state index >= 15 is 0 Å². The van der Waals surface area contributed by atoms with Gasteiger partial charge < -0.3 is 4.57 Å². The number of pyridine rings is 1. The topological polar surface area (TPSA) is 67.8 Å². The van der Waals surface area contributed by atoms with Crippen LogP contribution in [0.4, 0.5) is 13.2 Å². The number of hydrogen-bond donors (Lipinski definition) is 0. The maximum Gasteiger partial charge on any atom is 0.416 e. The highest BCUT2D eigenvalue weighted by atomic mass is 19.4. The summed E-state index contributed by atoms with van der Waals surface area (Å²) in [4.78, 5) is 26.0. The lowest BCUT2D eigenvalue weighted by Crippen LogP contribution is -2.20. The van der Waals surface area contributed by atoms with Crippen LogP contribution in [0, 0.1) is 11.3 Å². The summed E-state index contributed by atoms with van der Waals surface area (Å²) in [5.74, 6) is -0.467. The fourth-order valence-electron chi connectivity index (χ4n) is 4.00. The molecule has 0 atom stereocenters. The van der Waals surface area contributed by atoms with Gasteiger partial charge in [-0.05, 0) is 48.0 Å². The molecule has 1 aliphatic rings. The van der Waals surface area contributed by atoms with Crippen molar-refractivity contribution in [2.75, 3.05) is 0 Å². The minimum atomic E-state index is -4.44. The van der Waals surface area contributed by atoms with E-state index in [2.05, 4.69) is 0 Å². The molecule has 0 saturated carbocycles. The molecule has 5 nitrogen and oxygen atoms in total. The van der Waals surface area contributed by atoms with E-state index in [0.29, 0.717) is 22.5 Å². The molecule has 0 amide bonds. The predicted octanol–water partition coefficient (Wildman–Crippen LogP) is 4.41. The molecule has 2 aromatic heterocycles. The van der Waals surface area contributed by atoms with Crippen molar-refractivity contribution in [2.45, 2.75) is 12.7 Å². The molecule has 0 aliphatic carbocycles. The lowest BCUT2D eigenvalue weighted by molar-refractivity contribution is -0.137. The number of hydrogen-bond acceptors (Lipinski definition) is 3. The second-order valence-electron chi connectivity index (χ2n) is 7.25. The minimum absolute atomic E-state index is 0.00917. The van der Waals surface area contributed by atoms with Crippen LogP contribution in [0.5, 0.6) is 0 Å². The van der Waals surface area contributed by atoms with Crippen LogP contribution in [-0.2, 0) is 12.7 Å². The summed E-state index contributed by atoms with van der Waals surface area (Å²) in [6, 6.07) is 14.7. The molecular weight excluding hydrogens is 407 g/mol. The highest BCUT2D eigenvalue weighted by Gasteiger charge is 2.33. The predicted molar refractivity (Wildman–Crippen MR) is 107 cm³/mol. The fraction of sp³-hybridized carbons (Fsp3) is 0.0870. The monoisotopic (exact) mass is 419 g/mol. The molecule has 0 spiro atoms. The highest BCUT2D eigenvalue weighted by Crippen LogP contribution is 2.34. The zero-order valence-electron chi connectivity index (χ0n) is 15.8. The first kappa shape index (κ1) is 18.9. The summed E-state index contributed by atoms with van der Waals surface area (Å²) in [5.41, 5.74) is 1.05. The van der Waals surface area contributed by atoms with Crippen molar-refractivity contribution < 1.29 is 18.0 Å². The van der Waals surface area contributed by atoms with Gasteiger partial charge in [0.05, 0.1) is 34.1 Å². The molecule has 3 heterocycles. The number of halogens is 3. The van der Waals surface area contributed by atoms with Crippen LogP contribution in [0.15, 0.2) is 65.6 Å². The molecule has 0 saturated heterocycles. The van der Waals surface area contributed by atoms with E-state index in [1.165, 1.54) is 22.8 Å². The van der Waals surface area contributed by atoms with Gasteiger partial charge >= 0.3 is 6.18 Å². The van der Waals surface area contributed by atoms with Crippen LogP contribution in [-0.4, -0.2) is 15.0 Å². The van der Waals surface area contributed by atoms with E-state index in [4.69, 9.17) is 0 Å². The largest absolute Gasteiger partial charge is 0.416 e. The lowest BCUT2D eigenvalue weighted by atomic mass is 10.0. The molecule has 5 rings (SSSR count). The van der Waals surface area contributed by atoms with Crippen LogP contribution >= 0.6 is 0 Å². The normalized spacial score (nSPS) is 12.6. The van der Waals surface area contributed by atoms with Gasteiger partial charge in [0.15, 0.2) is 0 Å². The Balaban J connectivity index is 1.77. The minimum Gasteiger partial charge on any atom is -0.334 e. The van der Waals surface area contributed by atoms with Crippen LogP contribution in [0.3, 0.4) is 0 Å². The van der Waals surface area contributed by atoms with Crippen molar-refractivity contribution >= 4 is 16.8 Å². The van der Waals surface area contributed by atoms with Crippen LogP contribution in [0.25, 0.3) is 22.3 Å². The second-order valence-corrected chi connectivity index (χ2v) is 7.25. The zero-order valence-corrected chi connectivity index (χ0v) is 15.8. The quantitative estimate of drug-likeness (QED) is 0.426. The zero-order chi connectivity index (χ0) is 21.9. The number of aromatic nitrogens is 2. The van der Waals surface area contributed by atoms with Crippen molar-refractivity contribution in [3.05, 3.63) is 93.3 Å². The number of carbonyl (C=O) groups excluding carboxylic acids is 1. The molecule has 0 bridgehead atoms. The first-order valence-electron chi connectivity index (χ1n) is 9.29. The third-order valence-corrected chi connectivity index (χ3v) is 5.44. The Morgan fingerprint density at radius 3 is 2.42 bits per heavy atom. The van der Waals surface area contributed by atoms with E-state index < -0.39 is 23.1 Å². The number of carbonyl (C=O) groups is 1.